The summed E-state index contributed by atoms with van der Waals surface area (Å²) in [5.41, 5.74) is 8.53. The normalized spacial score (nSPS) is 11.9. The molecule has 0 radical (unpaired) electrons. The molecular formula is C22H30FIN4O2. The van der Waals surface area contributed by atoms with E-state index < -0.39 is 11.8 Å². The summed E-state index contributed by atoms with van der Waals surface area (Å²) in [6.07, 6.45) is 0.423. The smallest absolute Gasteiger partial charge is 0.222 e. The van der Waals surface area contributed by atoms with Gasteiger partial charge in [0.25, 0.3) is 0 Å². The van der Waals surface area contributed by atoms with Crippen molar-refractivity contribution >= 4 is 35.8 Å². The predicted molar refractivity (Wildman–Crippen MR) is 129 cm³/mol. The Kier molecular flexibility index (Phi) is 11.2. The third kappa shape index (κ3) is 8.17. The molecule has 0 bridgehead atoms. The van der Waals surface area contributed by atoms with Crippen LogP contribution in [0.15, 0.2) is 47.5 Å². The van der Waals surface area contributed by atoms with E-state index in [1.807, 2.05) is 32.0 Å². The molecule has 0 aromatic heterocycles. The highest BCUT2D eigenvalue weighted by molar-refractivity contribution is 14.0. The molecule has 0 aliphatic heterocycles. The minimum atomic E-state index is -0.447. The summed E-state index contributed by atoms with van der Waals surface area (Å²) in [4.78, 5) is 16.0. The van der Waals surface area contributed by atoms with Crippen LogP contribution in [0.2, 0.25) is 0 Å². The van der Waals surface area contributed by atoms with Crippen molar-refractivity contribution < 1.29 is 13.9 Å². The van der Waals surface area contributed by atoms with Crippen LogP contribution < -0.4 is 21.1 Å². The Morgan fingerprint density at radius 2 is 1.90 bits per heavy atom. The number of aryl methyl sites for hydroxylation is 1. The number of benzene rings is 2. The van der Waals surface area contributed by atoms with Gasteiger partial charge in [-0.3, -0.25) is 9.79 Å². The van der Waals surface area contributed by atoms with Crippen LogP contribution in [0.4, 0.5) is 4.39 Å². The summed E-state index contributed by atoms with van der Waals surface area (Å²) in [6, 6.07) is 12.1. The van der Waals surface area contributed by atoms with Crippen LogP contribution in [0.1, 0.15) is 23.6 Å². The Balaban J connectivity index is 0.00000450. The molecule has 30 heavy (non-hydrogen) atoms. The second kappa shape index (κ2) is 13.0. The van der Waals surface area contributed by atoms with E-state index in [1.165, 1.54) is 12.1 Å². The zero-order valence-electron chi connectivity index (χ0n) is 17.6. The molecule has 164 valence electrons. The van der Waals surface area contributed by atoms with E-state index in [0.717, 1.165) is 22.4 Å². The van der Waals surface area contributed by atoms with Crippen molar-refractivity contribution in [3.05, 3.63) is 65.0 Å². The van der Waals surface area contributed by atoms with Crippen LogP contribution in [0.3, 0.4) is 0 Å². The molecule has 4 N–H and O–H groups in total. The van der Waals surface area contributed by atoms with Crippen molar-refractivity contribution in [1.29, 1.82) is 0 Å². The van der Waals surface area contributed by atoms with Crippen LogP contribution in [-0.2, 0) is 17.8 Å². The van der Waals surface area contributed by atoms with E-state index in [0.29, 0.717) is 32.1 Å². The number of amides is 1. The molecule has 0 spiro atoms. The lowest BCUT2D eigenvalue weighted by Gasteiger charge is -2.18. The molecule has 0 saturated carbocycles. The maximum absolute atomic E-state index is 13.1. The van der Waals surface area contributed by atoms with Crippen LogP contribution in [-0.4, -0.2) is 32.1 Å². The number of guanidine groups is 1. The van der Waals surface area contributed by atoms with Gasteiger partial charge in [0.15, 0.2) is 5.96 Å². The van der Waals surface area contributed by atoms with E-state index in [9.17, 15) is 9.18 Å². The van der Waals surface area contributed by atoms with E-state index in [1.54, 1.807) is 19.2 Å². The highest BCUT2D eigenvalue weighted by atomic mass is 127. The van der Waals surface area contributed by atoms with Gasteiger partial charge in [-0.1, -0.05) is 24.3 Å². The third-order valence-corrected chi connectivity index (χ3v) is 4.51. The van der Waals surface area contributed by atoms with Gasteiger partial charge in [-0.25, -0.2) is 4.39 Å². The average Bonchev–Trinajstić information content (AvgIpc) is 2.70. The number of carbonyl (C=O) groups excluding carboxylic acids is 1. The Morgan fingerprint density at radius 1 is 1.20 bits per heavy atom. The number of nitrogens with one attached hydrogen (secondary N) is 2. The number of rotatable bonds is 9. The Hall–Kier alpha value is -2.36. The average molecular weight is 528 g/mol. The summed E-state index contributed by atoms with van der Waals surface area (Å²) in [6.45, 7) is 5.40. The van der Waals surface area contributed by atoms with Crippen molar-refractivity contribution in [3.8, 4) is 5.75 Å². The van der Waals surface area contributed by atoms with Gasteiger partial charge < -0.3 is 21.1 Å². The minimum absolute atomic E-state index is 0. The van der Waals surface area contributed by atoms with Gasteiger partial charge in [-0.2, -0.15) is 0 Å². The van der Waals surface area contributed by atoms with Crippen LogP contribution in [0.5, 0.6) is 5.75 Å². The molecule has 1 amide bonds. The van der Waals surface area contributed by atoms with Crippen molar-refractivity contribution in [2.45, 2.75) is 26.8 Å². The first-order valence-electron chi connectivity index (χ1n) is 9.63. The van der Waals surface area contributed by atoms with Gasteiger partial charge in [-0.15, -0.1) is 24.0 Å². The Bertz CT molecular complexity index is 844. The molecule has 0 aliphatic carbocycles. The Labute approximate surface area is 194 Å². The fourth-order valence-electron chi connectivity index (χ4n) is 2.90. The number of ether oxygens (including phenoxy) is 1. The number of carbonyl (C=O) groups is 1. The molecule has 0 fully saturated rings. The minimum Gasteiger partial charge on any atom is -0.494 e. The summed E-state index contributed by atoms with van der Waals surface area (Å²) in [7, 11) is 1.66. The SMILES string of the molecule is CCOc1cc(C)ccc1CNC(=NC)NCC(Cc1ccc(F)cc1)C(N)=O.I. The number of hydrogen-bond donors (Lipinski definition) is 3. The van der Waals surface area contributed by atoms with Gasteiger partial charge in [0.1, 0.15) is 11.6 Å². The number of aliphatic imine (C=N–C) groups is 1. The lowest BCUT2D eigenvalue weighted by atomic mass is 9.98. The van der Waals surface area contributed by atoms with Crippen LogP contribution in [0.25, 0.3) is 0 Å². The quantitative estimate of drug-likeness (QED) is 0.265. The van der Waals surface area contributed by atoms with E-state index in [2.05, 4.69) is 15.6 Å². The summed E-state index contributed by atoms with van der Waals surface area (Å²) in [5.74, 6) is 0.210. The molecule has 6 nitrogen and oxygen atoms in total. The Morgan fingerprint density at radius 3 is 2.50 bits per heavy atom. The molecule has 0 saturated heterocycles. The second-order valence-electron chi connectivity index (χ2n) is 6.78. The molecule has 1 atom stereocenters. The largest absolute Gasteiger partial charge is 0.494 e. The lowest BCUT2D eigenvalue weighted by Crippen LogP contribution is -2.42. The van der Waals surface area contributed by atoms with Gasteiger partial charge in [-0.05, 0) is 49.6 Å². The molecule has 2 aromatic carbocycles. The molecular weight excluding hydrogens is 498 g/mol. The molecule has 0 heterocycles. The topological polar surface area (TPSA) is 88.7 Å². The zero-order chi connectivity index (χ0) is 21.2. The van der Waals surface area contributed by atoms with Gasteiger partial charge in [0, 0.05) is 25.7 Å². The standard InChI is InChI=1S/C22H29FN4O2.HI/c1-4-29-20-11-15(2)5-8-17(20)13-26-22(25-3)27-14-18(21(24)28)12-16-6-9-19(23)10-7-16;/h5-11,18H,4,12-14H2,1-3H3,(H2,24,28)(H2,25,26,27);1H. The van der Waals surface area contributed by atoms with E-state index in [-0.39, 0.29) is 29.8 Å². The van der Waals surface area contributed by atoms with Gasteiger partial charge >= 0.3 is 0 Å². The fraction of sp³-hybridized carbons (Fsp3) is 0.364. The zero-order valence-corrected chi connectivity index (χ0v) is 19.9. The monoisotopic (exact) mass is 528 g/mol. The molecule has 8 heteroatoms. The highest BCUT2D eigenvalue weighted by Crippen LogP contribution is 2.20. The van der Waals surface area contributed by atoms with Crippen LogP contribution in [0, 0.1) is 18.7 Å². The predicted octanol–water partition coefficient (Wildman–Crippen LogP) is 3.16. The number of halogens is 2. The summed E-state index contributed by atoms with van der Waals surface area (Å²) in [5, 5.41) is 6.37. The maximum atomic E-state index is 13.1. The number of nitrogens with two attached hydrogens (primary N) is 1. The maximum Gasteiger partial charge on any atom is 0.222 e. The first kappa shape index (κ1) is 25.7. The van der Waals surface area contributed by atoms with Gasteiger partial charge in [0.05, 0.1) is 12.5 Å². The molecule has 0 aliphatic rings. The summed E-state index contributed by atoms with van der Waals surface area (Å²) >= 11 is 0. The molecule has 1 unspecified atom stereocenters. The summed E-state index contributed by atoms with van der Waals surface area (Å²) < 4.78 is 18.8. The highest BCUT2D eigenvalue weighted by Gasteiger charge is 2.17. The van der Waals surface area contributed by atoms with E-state index >= 15 is 0 Å². The second-order valence-corrected chi connectivity index (χ2v) is 6.78. The molecule has 2 rings (SSSR count). The van der Waals surface area contributed by atoms with Crippen molar-refractivity contribution in [2.24, 2.45) is 16.6 Å². The number of hydrogen-bond acceptors (Lipinski definition) is 3. The first-order valence-corrected chi connectivity index (χ1v) is 9.63. The first-order chi connectivity index (χ1) is 13.9. The lowest BCUT2D eigenvalue weighted by molar-refractivity contribution is -0.121. The van der Waals surface area contributed by atoms with Crippen molar-refractivity contribution in [2.75, 3.05) is 20.2 Å². The third-order valence-electron chi connectivity index (χ3n) is 4.51. The van der Waals surface area contributed by atoms with Gasteiger partial charge in [0.2, 0.25) is 5.91 Å². The molecule has 2 aromatic rings. The van der Waals surface area contributed by atoms with Crippen LogP contribution >= 0.6 is 24.0 Å². The number of nitrogens with zero attached hydrogens (tertiary/aromatic N) is 1. The van der Waals surface area contributed by atoms with Crippen molar-refractivity contribution in [1.82, 2.24) is 10.6 Å². The number of primary amides is 1. The fourth-order valence-corrected chi connectivity index (χ4v) is 2.90. The van der Waals surface area contributed by atoms with Crippen molar-refractivity contribution in [3.63, 3.8) is 0 Å². The van der Waals surface area contributed by atoms with E-state index in [4.69, 9.17) is 10.5 Å².